The van der Waals surface area contributed by atoms with Gasteiger partial charge in [-0.3, -0.25) is 9.67 Å². The van der Waals surface area contributed by atoms with E-state index in [1.54, 1.807) is 6.20 Å². The van der Waals surface area contributed by atoms with Gasteiger partial charge in [0.25, 0.3) is 0 Å². The quantitative estimate of drug-likeness (QED) is 0.317. The summed E-state index contributed by atoms with van der Waals surface area (Å²) in [6, 6.07) is 13.7. The van der Waals surface area contributed by atoms with Crippen molar-refractivity contribution < 1.29 is 8.78 Å². The zero-order chi connectivity index (χ0) is 24.8. The van der Waals surface area contributed by atoms with Gasteiger partial charge in [0.1, 0.15) is 17.5 Å². The second kappa shape index (κ2) is 8.87. The fourth-order valence-electron chi connectivity index (χ4n) is 4.89. The highest BCUT2D eigenvalue weighted by Crippen LogP contribution is 2.42. The van der Waals surface area contributed by atoms with Gasteiger partial charge in [-0.15, -0.1) is 0 Å². The van der Waals surface area contributed by atoms with Crippen LogP contribution in [0.4, 0.5) is 20.3 Å². The first-order valence-corrected chi connectivity index (χ1v) is 12.0. The van der Waals surface area contributed by atoms with Gasteiger partial charge in [-0.2, -0.15) is 5.10 Å². The van der Waals surface area contributed by atoms with Gasteiger partial charge in [-0.25, -0.2) is 8.78 Å². The van der Waals surface area contributed by atoms with Gasteiger partial charge in [0, 0.05) is 60.3 Å². The van der Waals surface area contributed by atoms with Crippen LogP contribution in [-0.2, 0) is 13.1 Å². The molecule has 0 N–H and O–H groups in total. The standard InChI is InChI=1S/C28H26F2N6/c1-33(2)11-13-35-18-20(17-32-35)19-3-5-23-26(15-19)31-9-7-27(23)36-14-12-34-10-8-22(28(34)36)24-16-21(29)4-6-25(24)30/h3-10,15-18H,11-14H2,1-2H3. The second-order valence-corrected chi connectivity index (χ2v) is 9.38. The van der Waals surface area contributed by atoms with Crippen LogP contribution in [0.3, 0.4) is 0 Å². The molecule has 6 nitrogen and oxygen atoms in total. The topological polar surface area (TPSA) is 42.1 Å². The monoisotopic (exact) mass is 484 g/mol. The summed E-state index contributed by atoms with van der Waals surface area (Å²) >= 11 is 0. The van der Waals surface area contributed by atoms with Crippen LogP contribution in [0.15, 0.2) is 73.3 Å². The van der Waals surface area contributed by atoms with E-state index in [0.29, 0.717) is 5.56 Å². The second-order valence-electron chi connectivity index (χ2n) is 9.38. The van der Waals surface area contributed by atoms with Crippen LogP contribution in [-0.4, -0.2) is 51.4 Å². The predicted octanol–water partition coefficient (Wildman–Crippen LogP) is 5.56. The molecule has 182 valence electrons. The van der Waals surface area contributed by atoms with Gasteiger partial charge in [0.15, 0.2) is 0 Å². The minimum Gasteiger partial charge on any atom is -0.332 e. The van der Waals surface area contributed by atoms with Crippen molar-refractivity contribution in [3.8, 4) is 22.3 Å². The normalized spacial score (nSPS) is 13.2. The Labute approximate surface area is 208 Å². The van der Waals surface area contributed by atoms with E-state index in [-0.39, 0.29) is 5.56 Å². The van der Waals surface area contributed by atoms with E-state index in [2.05, 4.69) is 48.8 Å². The number of likely N-dealkylation sites (N-methyl/N-ethyl adjacent to an activating group) is 1. The van der Waals surface area contributed by atoms with E-state index >= 15 is 0 Å². The molecule has 0 amide bonds. The smallest absolute Gasteiger partial charge is 0.131 e. The number of fused-ring (bicyclic) bond motifs is 2. The van der Waals surface area contributed by atoms with Crippen molar-refractivity contribution in [3.63, 3.8) is 0 Å². The van der Waals surface area contributed by atoms with Gasteiger partial charge >= 0.3 is 0 Å². The number of nitrogens with zero attached hydrogens (tertiary/aromatic N) is 6. The van der Waals surface area contributed by atoms with Gasteiger partial charge in [0.2, 0.25) is 0 Å². The predicted molar refractivity (Wildman–Crippen MR) is 138 cm³/mol. The minimum absolute atomic E-state index is 0.266. The number of hydrogen-bond acceptors (Lipinski definition) is 4. The number of pyridine rings is 1. The summed E-state index contributed by atoms with van der Waals surface area (Å²) in [6.45, 7) is 3.24. The third kappa shape index (κ3) is 3.93. The van der Waals surface area contributed by atoms with Crippen LogP contribution in [0, 0.1) is 11.6 Å². The van der Waals surface area contributed by atoms with Gasteiger partial charge in [-0.05, 0) is 56.1 Å². The van der Waals surface area contributed by atoms with E-state index in [0.717, 1.165) is 65.8 Å². The van der Waals surface area contributed by atoms with Crippen LogP contribution < -0.4 is 4.90 Å². The van der Waals surface area contributed by atoms with E-state index in [4.69, 9.17) is 0 Å². The summed E-state index contributed by atoms with van der Waals surface area (Å²) in [5.41, 5.74) is 4.90. The molecule has 8 heteroatoms. The summed E-state index contributed by atoms with van der Waals surface area (Å²) < 4.78 is 32.7. The fourth-order valence-corrected chi connectivity index (χ4v) is 4.89. The lowest BCUT2D eigenvalue weighted by atomic mass is 10.0. The molecule has 0 radical (unpaired) electrons. The molecule has 0 fully saturated rings. The first-order valence-electron chi connectivity index (χ1n) is 12.0. The molecule has 4 heterocycles. The molecule has 0 bridgehead atoms. The van der Waals surface area contributed by atoms with Crippen LogP contribution in [0.1, 0.15) is 0 Å². The molecule has 3 aromatic heterocycles. The first-order chi connectivity index (χ1) is 17.5. The summed E-state index contributed by atoms with van der Waals surface area (Å²) in [7, 11) is 4.09. The Morgan fingerprint density at radius 2 is 1.83 bits per heavy atom. The van der Waals surface area contributed by atoms with Crippen molar-refractivity contribution in [1.29, 1.82) is 0 Å². The zero-order valence-corrected chi connectivity index (χ0v) is 20.2. The Balaban J connectivity index is 1.37. The largest absolute Gasteiger partial charge is 0.332 e. The lowest BCUT2D eigenvalue weighted by Crippen LogP contribution is -2.18. The number of rotatable bonds is 6. The Bertz CT molecular complexity index is 1570. The molecule has 0 saturated carbocycles. The molecular weight excluding hydrogens is 458 g/mol. The number of benzene rings is 2. The molecule has 36 heavy (non-hydrogen) atoms. The summed E-state index contributed by atoms with van der Waals surface area (Å²) in [6.07, 6.45) is 7.68. The number of anilines is 2. The van der Waals surface area contributed by atoms with Crippen molar-refractivity contribution in [2.75, 3.05) is 32.1 Å². The minimum atomic E-state index is -0.456. The Morgan fingerprint density at radius 1 is 0.944 bits per heavy atom. The average Bonchev–Trinajstić information content (AvgIpc) is 3.61. The van der Waals surface area contributed by atoms with Crippen molar-refractivity contribution in [2.24, 2.45) is 0 Å². The number of aromatic nitrogens is 4. The van der Waals surface area contributed by atoms with Gasteiger partial charge < -0.3 is 14.4 Å². The van der Waals surface area contributed by atoms with Crippen LogP contribution in [0.5, 0.6) is 0 Å². The summed E-state index contributed by atoms with van der Waals surface area (Å²) in [5, 5.41) is 5.50. The molecule has 0 aliphatic carbocycles. The maximum Gasteiger partial charge on any atom is 0.131 e. The molecule has 5 aromatic rings. The molecule has 6 rings (SSSR count). The zero-order valence-electron chi connectivity index (χ0n) is 20.2. The van der Waals surface area contributed by atoms with Crippen molar-refractivity contribution >= 4 is 22.4 Å². The van der Waals surface area contributed by atoms with E-state index in [1.165, 1.54) is 12.1 Å². The highest BCUT2D eigenvalue weighted by Gasteiger charge is 2.27. The first kappa shape index (κ1) is 22.4. The molecule has 1 aliphatic heterocycles. The van der Waals surface area contributed by atoms with Crippen molar-refractivity contribution in [1.82, 2.24) is 24.2 Å². The molecule has 0 saturated heterocycles. The Kier molecular flexibility index (Phi) is 5.53. The van der Waals surface area contributed by atoms with Crippen molar-refractivity contribution in [3.05, 3.63) is 85.0 Å². The summed E-state index contributed by atoms with van der Waals surface area (Å²) in [4.78, 5) is 8.94. The Morgan fingerprint density at radius 3 is 2.69 bits per heavy atom. The van der Waals surface area contributed by atoms with Crippen LogP contribution in [0.25, 0.3) is 33.2 Å². The number of halogens is 2. The fraction of sp³-hybridized carbons (Fsp3) is 0.214. The van der Waals surface area contributed by atoms with Crippen LogP contribution in [0.2, 0.25) is 0 Å². The molecule has 0 atom stereocenters. The lowest BCUT2D eigenvalue weighted by molar-refractivity contribution is 0.373. The van der Waals surface area contributed by atoms with Crippen molar-refractivity contribution in [2.45, 2.75) is 13.1 Å². The highest BCUT2D eigenvalue weighted by atomic mass is 19.1. The van der Waals surface area contributed by atoms with Gasteiger partial charge in [0.05, 0.1) is 23.9 Å². The van der Waals surface area contributed by atoms with E-state index in [9.17, 15) is 8.78 Å². The molecule has 2 aromatic carbocycles. The van der Waals surface area contributed by atoms with E-state index in [1.807, 2.05) is 43.3 Å². The van der Waals surface area contributed by atoms with Crippen LogP contribution >= 0.6 is 0 Å². The highest BCUT2D eigenvalue weighted by molar-refractivity contribution is 5.97. The third-order valence-electron chi connectivity index (χ3n) is 6.73. The van der Waals surface area contributed by atoms with Gasteiger partial charge in [-0.1, -0.05) is 12.1 Å². The maximum absolute atomic E-state index is 14.7. The Hall–Kier alpha value is -4.04. The number of hydrogen-bond donors (Lipinski definition) is 0. The molecule has 0 spiro atoms. The molecule has 1 aliphatic rings. The van der Waals surface area contributed by atoms with E-state index < -0.39 is 11.6 Å². The SMILES string of the molecule is CN(C)CCn1cc(-c2ccc3c(N4CCn5ccc(-c6cc(F)ccc6F)c54)ccnc3c2)cn1. The average molecular weight is 485 g/mol. The molecule has 0 unspecified atom stereocenters. The summed E-state index contributed by atoms with van der Waals surface area (Å²) in [5.74, 6) is -0.0336. The third-order valence-corrected chi connectivity index (χ3v) is 6.73. The lowest BCUT2D eigenvalue weighted by Gasteiger charge is -2.21. The molecular formula is C28H26F2N6. The maximum atomic E-state index is 14.7.